The van der Waals surface area contributed by atoms with Crippen LogP contribution >= 0.6 is 0 Å². The fourth-order valence-corrected chi connectivity index (χ4v) is 3.10. The summed E-state index contributed by atoms with van der Waals surface area (Å²) in [6.07, 6.45) is 2.15. The fourth-order valence-electron chi connectivity index (χ4n) is 3.10. The van der Waals surface area contributed by atoms with Crippen molar-refractivity contribution in [2.24, 2.45) is 0 Å². The summed E-state index contributed by atoms with van der Waals surface area (Å²) < 4.78 is 10.4. The first-order chi connectivity index (χ1) is 14.2. The van der Waals surface area contributed by atoms with Gasteiger partial charge in [-0.05, 0) is 61.4 Å². The molecule has 3 rings (SSSR count). The summed E-state index contributed by atoms with van der Waals surface area (Å²) >= 11 is 0. The van der Waals surface area contributed by atoms with E-state index in [0.717, 1.165) is 37.4 Å². The quantitative estimate of drug-likeness (QED) is 0.636. The second kappa shape index (κ2) is 10.5. The lowest BCUT2D eigenvalue weighted by Gasteiger charge is -2.15. The second-order valence-electron chi connectivity index (χ2n) is 6.84. The molecule has 0 aromatic heterocycles. The number of benzene rings is 2. The smallest absolute Gasteiger partial charge is 0.253 e. The zero-order chi connectivity index (χ0) is 20.5. The first kappa shape index (κ1) is 20.7. The minimum absolute atomic E-state index is 0.0708. The van der Waals surface area contributed by atoms with E-state index in [2.05, 4.69) is 10.6 Å². The summed E-state index contributed by atoms with van der Waals surface area (Å²) in [5, 5.41) is 5.90. The highest BCUT2D eigenvalue weighted by Crippen LogP contribution is 2.17. The molecule has 1 saturated heterocycles. The lowest BCUT2D eigenvalue weighted by atomic mass is 10.2. The molecule has 0 unspecified atom stereocenters. The van der Waals surface area contributed by atoms with Crippen molar-refractivity contribution in [2.75, 3.05) is 50.6 Å². The Balaban J connectivity index is 1.43. The van der Waals surface area contributed by atoms with Crippen LogP contribution in [0.1, 0.15) is 23.2 Å². The maximum atomic E-state index is 12.4. The monoisotopic (exact) mass is 397 g/mol. The number of ether oxygens (including phenoxy) is 2. The molecule has 154 valence electrons. The van der Waals surface area contributed by atoms with Crippen molar-refractivity contribution in [1.82, 2.24) is 4.90 Å². The fraction of sp³-hybridized carbons (Fsp3) is 0.364. The third-order valence-corrected chi connectivity index (χ3v) is 4.67. The Hall–Kier alpha value is -3.06. The van der Waals surface area contributed by atoms with E-state index < -0.39 is 0 Å². The SMILES string of the molecule is COCCOc1ccc(NC(=O)CNc2ccc(C(=O)N3CCCC3)cc2)cc1. The summed E-state index contributed by atoms with van der Waals surface area (Å²) in [4.78, 5) is 26.4. The number of likely N-dealkylation sites (tertiary alicyclic amines) is 1. The third-order valence-electron chi connectivity index (χ3n) is 4.67. The van der Waals surface area contributed by atoms with Gasteiger partial charge in [-0.3, -0.25) is 9.59 Å². The van der Waals surface area contributed by atoms with Crippen LogP contribution in [0, 0.1) is 0 Å². The van der Waals surface area contributed by atoms with E-state index in [-0.39, 0.29) is 18.4 Å². The van der Waals surface area contributed by atoms with E-state index >= 15 is 0 Å². The Morgan fingerprint density at radius 1 is 0.931 bits per heavy atom. The molecule has 7 nitrogen and oxygen atoms in total. The van der Waals surface area contributed by atoms with Crippen LogP contribution in [0.2, 0.25) is 0 Å². The Kier molecular flexibility index (Phi) is 7.47. The number of amides is 2. The topological polar surface area (TPSA) is 79.9 Å². The molecule has 29 heavy (non-hydrogen) atoms. The minimum atomic E-state index is -0.157. The van der Waals surface area contributed by atoms with E-state index in [4.69, 9.17) is 9.47 Å². The lowest BCUT2D eigenvalue weighted by molar-refractivity contribution is -0.114. The molecule has 2 N–H and O–H groups in total. The molecule has 1 fully saturated rings. The molecule has 0 atom stereocenters. The number of hydrogen-bond acceptors (Lipinski definition) is 5. The van der Waals surface area contributed by atoms with Crippen LogP contribution in [-0.4, -0.2) is 56.7 Å². The highest BCUT2D eigenvalue weighted by Gasteiger charge is 2.19. The molecule has 0 saturated carbocycles. The molecule has 1 aliphatic rings. The lowest BCUT2D eigenvalue weighted by Crippen LogP contribution is -2.27. The van der Waals surface area contributed by atoms with Crippen molar-refractivity contribution in [1.29, 1.82) is 0 Å². The van der Waals surface area contributed by atoms with Gasteiger partial charge >= 0.3 is 0 Å². The van der Waals surface area contributed by atoms with Gasteiger partial charge in [-0.2, -0.15) is 0 Å². The van der Waals surface area contributed by atoms with Crippen molar-refractivity contribution >= 4 is 23.2 Å². The van der Waals surface area contributed by atoms with Gasteiger partial charge in [0.2, 0.25) is 5.91 Å². The van der Waals surface area contributed by atoms with Crippen molar-refractivity contribution < 1.29 is 19.1 Å². The Labute approximate surface area is 171 Å². The largest absolute Gasteiger partial charge is 0.491 e. The van der Waals surface area contributed by atoms with Gasteiger partial charge in [0.1, 0.15) is 12.4 Å². The van der Waals surface area contributed by atoms with E-state index in [1.54, 1.807) is 43.5 Å². The van der Waals surface area contributed by atoms with Crippen molar-refractivity contribution in [3.05, 3.63) is 54.1 Å². The van der Waals surface area contributed by atoms with E-state index in [0.29, 0.717) is 24.5 Å². The number of carbonyl (C=O) groups is 2. The number of rotatable bonds is 9. The van der Waals surface area contributed by atoms with Gasteiger partial charge in [0.25, 0.3) is 5.91 Å². The van der Waals surface area contributed by atoms with Crippen LogP contribution in [0.3, 0.4) is 0 Å². The standard InChI is InChI=1S/C22H27N3O4/c1-28-14-15-29-20-10-8-19(9-11-20)24-21(26)16-23-18-6-4-17(5-7-18)22(27)25-12-2-3-13-25/h4-11,23H,2-3,12-16H2,1H3,(H,24,26). The zero-order valence-corrected chi connectivity index (χ0v) is 16.6. The van der Waals surface area contributed by atoms with Gasteiger partial charge in [0.15, 0.2) is 0 Å². The zero-order valence-electron chi connectivity index (χ0n) is 16.6. The molecule has 0 radical (unpaired) electrons. The van der Waals surface area contributed by atoms with Gasteiger partial charge in [0, 0.05) is 37.1 Å². The van der Waals surface area contributed by atoms with Crippen LogP contribution in [0.15, 0.2) is 48.5 Å². The van der Waals surface area contributed by atoms with Crippen molar-refractivity contribution in [3.63, 3.8) is 0 Å². The number of hydrogen-bond donors (Lipinski definition) is 2. The average molecular weight is 397 g/mol. The molecule has 2 amide bonds. The molecule has 2 aromatic rings. The van der Waals surface area contributed by atoms with E-state index in [1.165, 1.54) is 0 Å². The predicted molar refractivity (Wildman–Crippen MR) is 113 cm³/mol. The summed E-state index contributed by atoms with van der Waals surface area (Å²) in [6, 6.07) is 14.4. The number of nitrogens with zero attached hydrogens (tertiary/aromatic N) is 1. The normalized spacial score (nSPS) is 13.2. The van der Waals surface area contributed by atoms with Gasteiger partial charge < -0.3 is 25.0 Å². The summed E-state index contributed by atoms with van der Waals surface area (Å²) in [5.74, 6) is 0.637. The summed E-state index contributed by atoms with van der Waals surface area (Å²) in [6.45, 7) is 2.80. The molecule has 1 aliphatic heterocycles. The maximum absolute atomic E-state index is 12.4. The number of carbonyl (C=O) groups excluding carboxylic acids is 2. The highest BCUT2D eigenvalue weighted by molar-refractivity contribution is 5.95. The van der Waals surface area contributed by atoms with Gasteiger partial charge in [-0.1, -0.05) is 0 Å². The second-order valence-corrected chi connectivity index (χ2v) is 6.84. The average Bonchev–Trinajstić information content (AvgIpc) is 3.28. The Morgan fingerprint density at radius 2 is 1.59 bits per heavy atom. The summed E-state index contributed by atoms with van der Waals surface area (Å²) in [5.41, 5.74) is 2.16. The first-order valence-electron chi connectivity index (χ1n) is 9.80. The molecule has 0 bridgehead atoms. The summed E-state index contributed by atoms with van der Waals surface area (Å²) in [7, 11) is 1.62. The van der Waals surface area contributed by atoms with Gasteiger partial charge in [-0.15, -0.1) is 0 Å². The van der Waals surface area contributed by atoms with Gasteiger partial charge in [0.05, 0.1) is 13.2 Å². The molecule has 2 aromatic carbocycles. The minimum Gasteiger partial charge on any atom is -0.491 e. The van der Waals surface area contributed by atoms with Gasteiger partial charge in [-0.25, -0.2) is 0 Å². The van der Waals surface area contributed by atoms with Crippen LogP contribution in [0.4, 0.5) is 11.4 Å². The number of nitrogens with one attached hydrogen (secondary N) is 2. The number of anilines is 2. The predicted octanol–water partition coefficient (Wildman–Crippen LogP) is 3.00. The molecule has 0 aliphatic carbocycles. The third kappa shape index (κ3) is 6.22. The number of methoxy groups -OCH3 is 1. The van der Waals surface area contributed by atoms with Crippen LogP contribution in [0.25, 0.3) is 0 Å². The molecular formula is C22H27N3O4. The molecule has 1 heterocycles. The Morgan fingerprint density at radius 3 is 2.24 bits per heavy atom. The van der Waals surface area contributed by atoms with Crippen LogP contribution in [-0.2, 0) is 9.53 Å². The highest BCUT2D eigenvalue weighted by atomic mass is 16.5. The maximum Gasteiger partial charge on any atom is 0.253 e. The van der Waals surface area contributed by atoms with Crippen molar-refractivity contribution in [3.8, 4) is 5.75 Å². The van der Waals surface area contributed by atoms with Crippen LogP contribution in [0.5, 0.6) is 5.75 Å². The Bertz CT molecular complexity index is 800. The van der Waals surface area contributed by atoms with E-state index in [9.17, 15) is 9.59 Å². The van der Waals surface area contributed by atoms with Crippen molar-refractivity contribution in [2.45, 2.75) is 12.8 Å². The van der Waals surface area contributed by atoms with E-state index in [1.807, 2.05) is 17.0 Å². The van der Waals surface area contributed by atoms with Crippen LogP contribution < -0.4 is 15.4 Å². The molecule has 0 spiro atoms. The molecule has 7 heteroatoms. The molecular weight excluding hydrogens is 370 g/mol. The first-order valence-corrected chi connectivity index (χ1v) is 9.80.